The van der Waals surface area contributed by atoms with Gasteiger partial charge in [0, 0.05) is 53.0 Å². The van der Waals surface area contributed by atoms with Crippen LogP contribution in [0.3, 0.4) is 0 Å². The second-order valence-electron chi connectivity index (χ2n) is 13.8. The highest BCUT2D eigenvalue weighted by Gasteiger charge is 2.18. The molecular weight excluding hydrogens is 717 g/mol. The van der Waals surface area contributed by atoms with Gasteiger partial charge in [-0.05, 0) is 107 Å². The molecule has 0 aliphatic rings. The highest BCUT2D eigenvalue weighted by atomic mass is 32.1. The molecule has 8 aromatic carbocycles. The van der Waals surface area contributed by atoms with Gasteiger partial charge in [-0.2, -0.15) is 0 Å². The first-order chi connectivity index (χ1) is 27.8. The molecule has 2 nitrogen and oxygen atoms in total. The van der Waals surface area contributed by atoms with Crippen molar-refractivity contribution in [3.63, 3.8) is 0 Å². The number of hydrogen-bond acceptors (Lipinski definition) is 4. The Bertz CT molecular complexity index is 2730. The zero-order valence-corrected chi connectivity index (χ0v) is 32.1. The van der Waals surface area contributed by atoms with Crippen molar-refractivity contribution in [1.29, 1.82) is 0 Å². The summed E-state index contributed by atoms with van der Waals surface area (Å²) in [5.41, 5.74) is 9.27. The SMILES string of the molecule is c1ccc(N(c2cccc(-c3ccc(-c4ccc(-c5cccc(N(c6ccccc6)c6cccc7ccccc67)c5)s4)s3)c2)c2cccc3ccccc23)cc1. The van der Waals surface area contributed by atoms with Crippen LogP contribution in [0.4, 0.5) is 34.1 Å². The Morgan fingerprint density at radius 1 is 0.268 bits per heavy atom. The molecule has 0 unspecified atom stereocenters. The van der Waals surface area contributed by atoms with E-state index in [4.69, 9.17) is 0 Å². The maximum absolute atomic E-state index is 2.37. The third-order valence-electron chi connectivity index (χ3n) is 10.3. The smallest absolute Gasteiger partial charge is 0.0540 e. The van der Waals surface area contributed by atoms with Gasteiger partial charge in [0.05, 0.1) is 11.4 Å². The van der Waals surface area contributed by atoms with Crippen LogP contribution in [-0.4, -0.2) is 0 Å². The van der Waals surface area contributed by atoms with Crippen LogP contribution in [-0.2, 0) is 0 Å². The molecule has 0 fully saturated rings. The van der Waals surface area contributed by atoms with Gasteiger partial charge in [-0.1, -0.05) is 133 Å². The Labute approximate surface area is 335 Å². The van der Waals surface area contributed by atoms with Crippen molar-refractivity contribution in [3.8, 4) is 30.6 Å². The molecule has 0 amide bonds. The summed E-state index contributed by atoms with van der Waals surface area (Å²) in [5, 5.41) is 4.90. The summed E-state index contributed by atoms with van der Waals surface area (Å²) >= 11 is 3.70. The van der Waals surface area contributed by atoms with Gasteiger partial charge in [0.15, 0.2) is 0 Å². The number of rotatable bonds is 9. The van der Waals surface area contributed by atoms with Gasteiger partial charge in [-0.25, -0.2) is 0 Å². The van der Waals surface area contributed by atoms with E-state index in [-0.39, 0.29) is 0 Å². The molecule has 0 saturated carbocycles. The highest BCUT2D eigenvalue weighted by Crippen LogP contribution is 2.45. The summed E-state index contributed by atoms with van der Waals surface area (Å²) < 4.78 is 0. The summed E-state index contributed by atoms with van der Waals surface area (Å²) in [6.45, 7) is 0. The standard InChI is InChI=1S/C52H36N2S2/c1-3-21-41(22-4-1)53(47-29-13-17-37-15-7-9-27-45(37)47)43-25-11-19-39(35-43)49-31-33-51(55-49)52-34-32-50(56-52)40-20-12-26-44(36-40)54(42-23-5-2-6-24-42)48-30-14-18-38-16-8-10-28-46(38)48/h1-36H. The normalized spacial score (nSPS) is 11.2. The summed E-state index contributed by atoms with van der Waals surface area (Å²) in [5.74, 6) is 0. The second-order valence-corrected chi connectivity index (χ2v) is 15.9. The molecule has 0 bridgehead atoms. The zero-order chi connectivity index (χ0) is 37.3. The average molecular weight is 753 g/mol. The van der Waals surface area contributed by atoms with Gasteiger partial charge in [0.1, 0.15) is 0 Å². The van der Waals surface area contributed by atoms with Crippen molar-refractivity contribution in [2.75, 3.05) is 9.80 Å². The number of hydrogen-bond donors (Lipinski definition) is 0. The lowest BCUT2D eigenvalue weighted by molar-refractivity contribution is 1.30. The van der Waals surface area contributed by atoms with Crippen molar-refractivity contribution >= 4 is 78.3 Å². The number of thiophene rings is 2. The van der Waals surface area contributed by atoms with Gasteiger partial charge in [-0.15, -0.1) is 22.7 Å². The molecule has 0 aliphatic carbocycles. The van der Waals surface area contributed by atoms with Gasteiger partial charge < -0.3 is 9.80 Å². The predicted octanol–water partition coefficient (Wildman–Crippen LogP) is 16.1. The monoisotopic (exact) mass is 752 g/mol. The van der Waals surface area contributed by atoms with Crippen LogP contribution >= 0.6 is 22.7 Å². The first-order valence-electron chi connectivity index (χ1n) is 18.8. The van der Waals surface area contributed by atoms with Crippen molar-refractivity contribution in [1.82, 2.24) is 0 Å². The number of anilines is 6. The third-order valence-corrected chi connectivity index (χ3v) is 12.7. The Morgan fingerprint density at radius 3 is 1.09 bits per heavy atom. The van der Waals surface area contributed by atoms with Crippen LogP contribution in [0.5, 0.6) is 0 Å². The van der Waals surface area contributed by atoms with Crippen molar-refractivity contribution in [2.45, 2.75) is 0 Å². The van der Waals surface area contributed by atoms with E-state index < -0.39 is 0 Å². The maximum Gasteiger partial charge on any atom is 0.0540 e. The van der Waals surface area contributed by atoms with Crippen LogP contribution in [0, 0.1) is 0 Å². The third kappa shape index (κ3) is 6.45. The molecule has 0 aliphatic heterocycles. The van der Waals surface area contributed by atoms with Crippen molar-refractivity contribution in [2.24, 2.45) is 0 Å². The first kappa shape index (κ1) is 33.8. The fraction of sp³-hybridized carbons (Fsp3) is 0. The number of benzene rings is 8. The fourth-order valence-corrected chi connectivity index (χ4v) is 9.76. The van der Waals surface area contributed by atoms with Crippen molar-refractivity contribution < 1.29 is 0 Å². The molecule has 266 valence electrons. The van der Waals surface area contributed by atoms with E-state index >= 15 is 0 Å². The average Bonchev–Trinajstić information content (AvgIpc) is 3.97. The summed E-state index contributed by atoms with van der Waals surface area (Å²) in [7, 11) is 0. The largest absolute Gasteiger partial charge is 0.310 e. The molecule has 0 radical (unpaired) electrons. The van der Waals surface area contributed by atoms with E-state index in [1.54, 1.807) is 0 Å². The lowest BCUT2D eigenvalue weighted by Crippen LogP contribution is -2.10. The van der Waals surface area contributed by atoms with Gasteiger partial charge in [-0.3, -0.25) is 0 Å². The molecule has 10 rings (SSSR count). The van der Waals surface area contributed by atoms with E-state index in [0.717, 1.165) is 34.1 Å². The molecule has 0 spiro atoms. The molecule has 56 heavy (non-hydrogen) atoms. The zero-order valence-electron chi connectivity index (χ0n) is 30.5. The topological polar surface area (TPSA) is 6.48 Å². The molecule has 0 N–H and O–H groups in total. The molecule has 0 saturated heterocycles. The fourth-order valence-electron chi connectivity index (χ4n) is 7.66. The number of nitrogens with zero attached hydrogens (tertiary/aromatic N) is 2. The summed E-state index contributed by atoms with van der Waals surface area (Å²) in [6, 6.07) is 78.7. The molecule has 10 aromatic rings. The van der Waals surface area contributed by atoms with E-state index in [1.165, 1.54) is 52.2 Å². The van der Waals surface area contributed by atoms with Crippen LogP contribution in [0.15, 0.2) is 218 Å². The summed E-state index contributed by atoms with van der Waals surface area (Å²) in [4.78, 5) is 9.79. The lowest BCUT2D eigenvalue weighted by atomic mass is 10.1. The first-order valence-corrected chi connectivity index (χ1v) is 20.5. The molecule has 4 heteroatoms. The lowest BCUT2D eigenvalue weighted by Gasteiger charge is -2.27. The van der Waals surface area contributed by atoms with Crippen molar-refractivity contribution in [3.05, 3.63) is 218 Å². The van der Waals surface area contributed by atoms with E-state index in [2.05, 4.69) is 228 Å². The van der Waals surface area contributed by atoms with Crippen LogP contribution in [0.25, 0.3) is 52.2 Å². The molecule has 2 aromatic heterocycles. The molecular formula is C52H36N2S2. The predicted molar refractivity (Wildman–Crippen MR) is 243 cm³/mol. The van der Waals surface area contributed by atoms with E-state index in [9.17, 15) is 0 Å². The Hall–Kier alpha value is -6.72. The number of para-hydroxylation sites is 2. The Morgan fingerprint density at radius 2 is 0.625 bits per heavy atom. The summed E-state index contributed by atoms with van der Waals surface area (Å²) in [6.07, 6.45) is 0. The Balaban J connectivity index is 0.975. The second kappa shape index (κ2) is 14.8. The van der Waals surface area contributed by atoms with Crippen LogP contribution in [0.1, 0.15) is 0 Å². The minimum Gasteiger partial charge on any atom is -0.310 e. The molecule has 0 atom stereocenters. The maximum atomic E-state index is 2.37. The quantitative estimate of drug-likeness (QED) is 0.145. The highest BCUT2D eigenvalue weighted by molar-refractivity contribution is 7.25. The minimum atomic E-state index is 1.13. The van der Waals surface area contributed by atoms with Gasteiger partial charge >= 0.3 is 0 Å². The molecule has 2 heterocycles. The van der Waals surface area contributed by atoms with Gasteiger partial charge in [0.2, 0.25) is 0 Å². The van der Waals surface area contributed by atoms with Gasteiger partial charge in [0.25, 0.3) is 0 Å². The Kier molecular flexibility index (Phi) is 8.96. The van der Waals surface area contributed by atoms with E-state index in [1.807, 2.05) is 22.7 Å². The minimum absolute atomic E-state index is 1.13. The van der Waals surface area contributed by atoms with E-state index in [0.29, 0.717) is 0 Å². The van der Waals surface area contributed by atoms with Crippen LogP contribution in [0.2, 0.25) is 0 Å². The van der Waals surface area contributed by atoms with Crippen LogP contribution < -0.4 is 9.80 Å². The number of fused-ring (bicyclic) bond motifs is 2.